The predicted octanol–water partition coefficient (Wildman–Crippen LogP) is -1.08. The number of carbonyl (C=O) groups is 2. The molecule has 52 valence electrons. The number of carbonyl (C=O) groups excluding carboxylic acids is 2. The summed E-state index contributed by atoms with van der Waals surface area (Å²) in [6.07, 6.45) is 0. The Bertz CT molecular complexity index is 126. The topological polar surface area (TPSA) is 84.2 Å². The fourth-order valence-corrected chi connectivity index (χ4v) is 0.232. The first-order valence-corrected chi connectivity index (χ1v) is 2.60. The summed E-state index contributed by atoms with van der Waals surface area (Å²) in [5.41, 5.74) is 8.38. The number of nitrogens with two attached hydrogens (primary N) is 1. The van der Waals surface area contributed by atoms with E-state index in [0.29, 0.717) is 0 Å². The van der Waals surface area contributed by atoms with Gasteiger partial charge in [-0.3, -0.25) is 10.2 Å². The second-order valence-electron chi connectivity index (χ2n) is 1.17. The highest BCUT2D eigenvalue weighted by Crippen LogP contribution is 1.69. The standard InChI is InChI=1S/C3H6ClN3O2/c4-1-2(8)6-7-3(5)9/h1H2,(H,6,8)(H3,5,7,9). The van der Waals surface area contributed by atoms with E-state index in [9.17, 15) is 9.59 Å². The van der Waals surface area contributed by atoms with Gasteiger partial charge in [-0.15, -0.1) is 11.6 Å². The molecule has 0 aromatic rings. The molecule has 0 aromatic carbocycles. The normalized spacial score (nSPS) is 8.11. The number of hydrazine groups is 1. The van der Waals surface area contributed by atoms with Gasteiger partial charge < -0.3 is 5.73 Å². The number of hydrogen-bond acceptors (Lipinski definition) is 2. The molecular formula is C3H6ClN3O2. The van der Waals surface area contributed by atoms with Crippen molar-refractivity contribution in [3.63, 3.8) is 0 Å². The molecule has 0 aliphatic rings. The third kappa shape index (κ3) is 4.89. The van der Waals surface area contributed by atoms with Crippen LogP contribution in [0.25, 0.3) is 0 Å². The summed E-state index contributed by atoms with van der Waals surface area (Å²) < 4.78 is 0. The quantitative estimate of drug-likeness (QED) is 0.329. The molecule has 0 spiro atoms. The Hall–Kier alpha value is -0.970. The van der Waals surface area contributed by atoms with Crippen LogP contribution >= 0.6 is 11.6 Å². The molecule has 0 fully saturated rings. The van der Waals surface area contributed by atoms with Crippen molar-refractivity contribution in [2.24, 2.45) is 5.73 Å². The molecule has 0 aromatic heterocycles. The van der Waals surface area contributed by atoms with E-state index in [2.05, 4.69) is 5.73 Å². The number of primary amides is 1. The third-order valence-corrected chi connectivity index (χ3v) is 0.689. The molecule has 0 radical (unpaired) electrons. The van der Waals surface area contributed by atoms with Gasteiger partial charge in [-0.05, 0) is 0 Å². The van der Waals surface area contributed by atoms with Crippen molar-refractivity contribution in [3.8, 4) is 0 Å². The molecule has 0 saturated heterocycles. The fourth-order valence-electron chi connectivity index (χ4n) is 0.165. The number of rotatable bonds is 1. The van der Waals surface area contributed by atoms with E-state index < -0.39 is 11.9 Å². The van der Waals surface area contributed by atoms with Gasteiger partial charge in [0.15, 0.2) is 0 Å². The van der Waals surface area contributed by atoms with Gasteiger partial charge in [-0.1, -0.05) is 0 Å². The van der Waals surface area contributed by atoms with Crippen molar-refractivity contribution in [1.29, 1.82) is 0 Å². The van der Waals surface area contributed by atoms with Gasteiger partial charge in [0.2, 0.25) is 0 Å². The lowest BCUT2D eigenvalue weighted by Gasteiger charge is -1.99. The smallest absolute Gasteiger partial charge is 0.330 e. The lowest BCUT2D eigenvalue weighted by Crippen LogP contribution is -2.44. The molecule has 0 aliphatic heterocycles. The molecule has 5 nitrogen and oxygen atoms in total. The molecule has 6 heteroatoms. The van der Waals surface area contributed by atoms with Crippen LogP contribution < -0.4 is 16.6 Å². The molecule has 0 bridgehead atoms. The molecule has 4 N–H and O–H groups in total. The molecule has 0 unspecified atom stereocenters. The van der Waals surface area contributed by atoms with Crippen LogP contribution in [0.4, 0.5) is 4.79 Å². The Morgan fingerprint density at radius 3 is 2.33 bits per heavy atom. The Balaban J connectivity index is 3.28. The van der Waals surface area contributed by atoms with E-state index >= 15 is 0 Å². The molecule has 0 saturated carbocycles. The third-order valence-electron chi connectivity index (χ3n) is 0.446. The van der Waals surface area contributed by atoms with Gasteiger partial charge >= 0.3 is 6.03 Å². The Morgan fingerprint density at radius 1 is 1.44 bits per heavy atom. The van der Waals surface area contributed by atoms with Crippen molar-refractivity contribution in [1.82, 2.24) is 10.9 Å². The summed E-state index contributed by atoms with van der Waals surface area (Å²) in [5.74, 6) is -0.712. The maximum absolute atomic E-state index is 10.2. The van der Waals surface area contributed by atoms with Gasteiger partial charge in [-0.25, -0.2) is 10.2 Å². The maximum Gasteiger partial charge on any atom is 0.330 e. The van der Waals surface area contributed by atoms with Crippen molar-refractivity contribution in [2.45, 2.75) is 0 Å². The largest absolute Gasteiger partial charge is 0.350 e. The number of nitrogens with one attached hydrogen (secondary N) is 2. The zero-order valence-electron chi connectivity index (χ0n) is 4.48. The minimum atomic E-state index is -0.825. The Labute approximate surface area is 56.5 Å². The van der Waals surface area contributed by atoms with Crippen molar-refractivity contribution in [3.05, 3.63) is 0 Å². The van der Waals surface area contributed by atoms with Gasteiger partial charge in [0.25, 0.3) is 5.91 Å². The zero-order valence-corrected chi connectivity index (χ0v) is 5.23. The van der Waals surface area contributed by atoms with E-state index in [1.807, 2.05) is 10.9 Å². The molecular weight excluding hydrogens is 146 g/mol. The molecule has 9 heavy (non-hydrogen) atoms. The summed E-state index contributed by atoms with van der Waals surface area (Å²) in [7, 11) is 0. The van der Waals surface area contributed by atoms with E-state index in [-0.39, 0.29) is 5.88 Å². The maximum atomic E-state index is 10.2. The van der Waals surface area contributed by atoms with Crippen molar-refractivity contribution < 1.29 is 9.59 Å². The highest BCUT2D eigenvalue weighted by molar-refractivity contribution is 6.27. The fraction of sp³-hybridized carbons (Fsp3) is 0.333. The van der Waals surface area contributed by atoms with E-state index in [1.165, 1.54) is 0 Å². The van der Waals surface area contributed by atoms with E-state index in [0.717, 1.165) is 0 Å². The van der Waals surface area contributed by atoms with Crippen LogP contribution in [-0.4, -0.2) is 17.8 Å². The van der Waals surface area contributed by atoms with Gasteiger partial charge in [0, 0.05) is 0 Å². The first kappa shape index (κ1) is 8.03. The van der Waals surface area contributed by atoms with Crippen molar-refractivity contribution in [2.75, 3.05) is 5.88 Å². The Morgan fingerprint density at radius 2 is 2.00 bits per heavy atom. The summed E-state index contributed by atoms with van der Waals surface area (Å²) in [4.78, 5) is 20.1. The number of halogens is 1. The molecule has 0 aliphatic carbocycles. The summed E-state index contributed by atoms with van der Waals surface area (Å²) in [6, 6.07) is -0.825. The zero-order chi connectivity index (χ0) is 7.28. The van der Waals surface area contributed by atoms with Gasteiger partial charge in [0.1, 0.15) is 5.88 Å². The SMILES string of the molecule is NC(=O)NNC(=O)CCl. The van der Waals surface area contributed by atoms with Gasteiger partial charge in [0.05, 0.1) is 0 Å². The van der Waals surface area contributed by atoms with Crippen LogP contribution in [0.3, 0.4) is 0 Å². The van der Waals surface area contributed by atoms with Crippen molar-refractivity contribution >= 4 is 23.5 Å². The lowest BCUT2D eigenvalue weighted by atomic mass is 10.7. The second kappa shape index (κ2) is 3.96. The van der Waals surface area contributed by atoms with Crippen LogP contribution in [0.15, 0.2) is 0 Å². The minimum absolute atomic E-state index is 0.208. The van der Waals surface area contributed by atoms with E-state index in [1.54, 1.807) is 0 Å². The van der Waals surface area contributed by atoms with Crippen LogP contribution in [-0.2, 0) is 4.79 Å². The predicted molar refractivity (Wildman–Crippen MR) is 31.6 cm³/mol. The van der Waals surface area contributed by atoms with Crippen LogP contribution in [0.1, 0.15) is 0 Å². The number of alkyl halides is 1. The molecule has 3 amide bonds. The number of amides is 3. The Kier molecular flexibility index (Phi) is 3.54. The summed E-state index contributed by atoms with van der Waals surface area (Å²) >= 11 is 5.03. The summed E-state index contributed by atoms with van der Waals surface area (Å²) in [6.45, 7) is 0. The van der Waals surface area contributed by atoms with E-state index in [4.69, 9.17) is 11.6 Å². The average Bonchev–Trinajstić information content (AvgIpc) is 1.83. The first-order valence-electron chi connectivity index (χ1n) is 2.07. The lowest BCUT2D eigenvalue weighted by molar-refractivity contribution is -0.119. The van der Waals surface area contributed by atoms with Crippen LogP contribution in [0.5, 0.6) is 0 Å². The van der Waals surface area contributed by atoms with Crippen LogP contribution in [0, 0.1) is 0 Å². The number of urea groups is 1. The highest BCUT2D eigenvalue weighted by atomic mass is 35.5. The van der Waals surface area contributed by atoms with Crippen LogP contribution in [0.2, 0.25) is 0 Å². The van der Waals surface area contributed by atoms with Gasteiger partial charge in [-0.2, -0.15) is 0 Å². The monoisotopic (exact) mass is 151 g/mol. The second-order valence-corrected chi connectivity index (χ2v) is 1.44. The molecule has 0 atom stereocenters. The molecule has 0 heterocycles. The average molecular weight is 152 g/mol. The first-order chi connectivity index (χ1) is 4.16. The minimum Gasteiger partial charge on any atom is -0.350 e. The highest BCUT2D eigenvalue weighted by Gasteiger charge is 1.96. The summed E-state index contributed by atoms with van der Waals surface area (Å²) in [5, 5.41) is 0. The molecule has 0 rings (SSSR count). The number of hydrogen-bond donors (Lipinski definition) is 3.